The molecule has 2 unspecified atom stereocenters. The molecule has 2 saturated heterocycles. The van der Waals surface area contributed by atoms with Crippen molar-refractivity contribution in [1.29, 1.82) is 0 Å². The molecule has 3 heterocycles. The van der Waals surface area contributed by atoms with E-state index in [1.165, 1.54) is 0 Å². The molecule has 1 amide bonds. The number of pyridine rings is 1. The van der Waals surface area contributed by atoms with Crippen LogP contribution in [0.4, 0.5) is 0 Å². The first-order valence-corrected chi connectivity index (χ1v) is 5.80. The molecule has 2 bridgehead atoms. The van der Waals surface area contributed by atoms with Gasteiger partial charge in [0.2, 0.25) is 0 Å². The number of amides is 1. The lowest BCUT2D eigenvalue weighted by molar-refractivity contribution is 0.0613. The Kier molecular flexibility index (Phi) is 2.36. The summed E-state index contributed by atoms with van der Waals surface area (Å²) in [6, 6.07) is 6.23. The molecule has 84 valence electrons. The molecule has 2 atom stereocenters. The van der Waals surface area contributed by atoms with Gasteiger partial charge in [0.15, 0.2) is 0 Å². The van der Waals surface area contributed by atoms with Gasteiger partial charge >= 0.3 is 0 Å². The Morgan fingerprint density at radius 2 is 2.06 bits per heavy atom. The van der Waals surface area contributed by atoms with Crippen molar-refractivity contribution in [3.63, 3.8) is 0 Å². The quantitative estimate of drug-likeness (QED) is 0.751. The number of hydrogen-bond acceptors (Lipinski definition) is 3. The highest BCUT2D eigenvalue weighted by Crippen LogP contribution is 2.27. The molecule has 2 aliphatic rings. The Bertz CT molecular complexity index is 377. The second-order valence-corrected chi connectivity index (χ2v) is 4.47. The van der Waals surface area contributed by atoms with Crippen molar-refractivity contribution in [2.45, 2.75) is 24.9 Å². The van der Waals surface area contributed by atoms with Gasteiger partial charge in [0.05, 0.1) is 0 Å². The van der Waals surface area contributed by atoms with Crippen LogP contribution < -0.4 is 5.32 Å². The van der Waals surface area contributed by atoms with Gasteiger partial charge in [0.25, 0.3) is 5.91 Å². The van der Waals surface area contributed by atoms with Crippen molar-refractivity contribution in [3.8, 4) is 0 Å². The molecular weight excluding hydrogens is 202 g/mol. The molecular formula is C12H15N3O. The third-order valence-corrected chi connectivity index (χ3v) is 3.50. The number of hydrogen-bond donors (Lipinski definition) is 1. The predicted molar refractivity (Wildman–Crippen MR) is 60.1 cm³/mol. The maximum absolute atomic E-state index is 12.3. The lowest BCUT2D eigenvalue weighted by Crippen LogP contribution is -2.54. The molecule has 0 aromatic carbocycles. The first-order chi connectivity index (χ1) is 7.86. The summed E-state index contributed by atoms with van der Waals surface area (Å²) >= 11 is 0. The van der Waals surface area contributed by atoms with Crippen LogP contribution in [0.15, 0.2) is 24.4 Å². The number of nitrogens with zero attached hydrogens (tertiary/aromatic N) is 2. The fourth-order valence-electron chi connectivity index (χ4n) is 2.73. The van der Waals surface area contributed by atoms with Crippen LogP contribution in [0.1, 0.15) is 23.3 Å². The van der Waals surface area contributed by atoms with E-state index in [2.05, 4.69) is 10.3 Å². The molecule has 4 heteroatoms. The summed E-state index contributed by atoms with van der Waals surface area (Å²) < 4.78 is 0. The van der Waals surface area contributed by atoms with Crippen molar-refractivity contribution < 1.29 is 4.79 Å². The average Bonchev–Trinajstić information content (AvgIpc) is 2.59. The van der Waals surface area contributed by atoms with Crippen molar-refractivity contribution in [2.75, 3.05) is 13.1 Å². The number of carbonyl (C=O) groups is 1. The Hall–Kier alpha value is -1.42. The predicted octanol–water partition coefficient (Wildman–Crippen LogP) is 0.658. The van der Waals surface area contributed by atoms with Gasteiger partial charge in [-0.05, 0) is 25.0 Å². The van der Waals surface area contributed by atoms with E-state index in [9.17, 15) is 4.79 Å². The fourth-order valence-corrected chi connectivity index (χ4v) is 2.73. The van der Waals surface area contributed by atoms with Crippen LogP contribution in [-0.2, 0) is 0 Å². The molecule has 0 saturated carbocycles. The fraction of sp³-hybridized carbons (Fsp3) is 0.500. The Balaban J connectivity index is 1.86. The van der Waals surface area contributed by atoms with Gasteiger partial charge in [0.1, 0.15) is 5.69 Å². The normalized spacial score (nSPS) is 28.1. The number of piperazine rings is 1. The third-order valence-electron chi connectivity index (χ3n) is 3.50. The summed E-state index contributed by atoms with van der Waals surface area (Å²) in [5.74, 6) is 0.0922. The number of carbonyl (C=O) groups excluding carboxylic acids is 1. The highest BCUT2D eigenvalue weighted by atomic mass is 16.2. The molecule has 0 spiro atoms. The van der Waals surface area contributed by atoms with Crippen molar-refractivity contribution in [1.82, 2.24) is 15.2 Å². The van der Waals surface area contributed by atoms with E-state index in [0.29, 0.717) is 17.8 Å². The molecule has 0 radical (unpaired) electrons. The number of nitrogens with one attached hydrogen (secondary N) is 1. The lowest BCUT2D eigenvalue weighted by Gasteiger charge is -2.35. The number of fused-ring (bicyclic) bond motifs is 2. The van der Waals surface area contributed by atoms with Gasteiger partial charge in [0, 0.05) is 31.4 Å². The molecule has 1 aromatic heterocycles. The van der Waals surface area contributed by atoms with Crippen LogP contribution in [0.5, 0.6) is 0 Å². The zero-order valence-corrected chi connectivity index (χ0v) is 9.10. The monoisotopic (exact) mass is 217 g/mol. The average molecular weight is 217 g/mol. The zero-order chi connectivity index (χ0) is 11.0. The van der Waals surface area contributed by atoms with Gasteiger partial charge in [-0.3, -0.25) is 9.78 Å². The first-order valence-electron chi connectivity index (χ1n) is 5.80. The second kappa shape index (κ2) is 3.87. The number of rotatable bonds is 1. The molecule has 3 rings (SSSR count). The van der Waals surface area contributed by atoms with E-state index in [0.717, 1.165) is 25.9 Å². The van der Waals surface area contributed by atoms with E-state index in [1.54, 1.807) is 12.3 Å². The smallest absolute Gasteiger partial charge is 0.273 e. The Morgan fingerprint density at radius 3 is 2.69 bits per heavy atom. The van der Waals surface area contributed by atoms with E-state index >= 15 is 0 Å². The van der Waals surface area contributed by atoms with Gasteiger partial charge in [-0.1, -0.05) is 6.07 Å². The van der Waals surface area contributed by atoms with E-state index in [-0.39, 0.29) is 5.91 Å². The van der Waals surface area contributed by atoms with Crippen molar-refractivity contribution in [2.24, 2.45) is 0 Å². The van der Waals surface area contributed by atoms with Crippen LogP contribution in [0.25, 0.3) is 0 Å². The lowest BCUT2D eigenvalue weighted by atomic mass is 10.2. The minimum Gasteiger partial charge on any atom is -0.329 e. The Morgan fingerprint density at radius 1 is 1.31 bits per heavy atom. The summed E-state index contributed by atoms with van der Waals surface area (Å²) in [5.41, 5.74) is 0.571. The standard InChI is InChI=1S/C12H15N3O/c16-12(11-3-1-2-6-14-11)15-9-4-5-10(15)8-13-7-9/h1-3,6,9-10,13H,4-5,7-8H2. The number of aromatic nitrogens is 1. The maximum atomic E-state index is 12.3. The molecule has 2 fully saturated rings. The molecule has 4 nitrogen and oxygen atoms in total. The van der Waals surface area contributed by atoms with E-state index < -0.39 is 0 Å². The van der Waals surface area contributed by atoms with Crippen LogP contribution in [0.3, 0.4) is 0 Å². The molecule has 0 aliphatic carbocycles. The molecule has 2 aliphatic heterocycles. The minimum atomic E-state index is 0.0922. The van der Waals surface area contributed by atoms with Crippen molar-refractivity contribution in [3.05, 3.63) is 30.1 Å². The van der Waals surface area contributed by atoms with Gasteiger partial charge in [-0.15, -0.1) is 0 Å². The summed E-state index contributed by atoms with van der Waals surface area (Å²) in [4.78, 5) is 18.5. The molecule has 1 aromatic rings. The summed E-state index contributed by atoms with van der Waals surface area (Å²) in [5, 5.41) is 3.37. The first kappa shape index (κ1) is 9.78. The zero-order valence-electron chi connectivity index (χ0n) is 9.10. The third kappa shape index (κ3) is 1.50. The largest absolute Gasteiger partial charge is 0.329 e. The molecule has 16 heavy (non-hydrogen) atoms. The van der Waals surface area contributed by atoms with Gasteiger partial charge in [-0.25, -0.2) is 0 Å². The second-order valence-electron chi connectivity index (χ2n) is 4.47. The summed E-state index contributed by atoms with van der Waals surface area (Å²) in [6.07, 6.45) is 3.92. The van der Waals surface area contributed by atoms with Gasteiger partial charge in [-0.2, -0.15) is 0 Å². The van der Waals surface area contributed by atoms with E-state index in [1.807, 2.05) is 17.0 Å². The SMILES string of the molecule is O=C(c1ccccn1)N1C2CCC1CNC2. The van der Waals surface area contributed by atoms with Crippen molar-refractivity contribution >= 4 is 5.91 Å². The van der Waals surface area contributed by atoms with Crippen LogP contribution >= 0.6 is 0 Å². The molecule has 1 N–H and O–H groups in total. The van der Waals surface area contributed by atoms with E-state index in [4.69, 9.17) is 0 Å². The highest BCUT2D eigenvalue weighted by Gasteiger charge is 2.39. The highest BCUT2D eigenvalue weighted by molar-refractivity contribution is 5.93. The minimum absolute atomic E-state index is 0.0922. The van der Waals surface area contributed by atoms with Crippen LogP contribution in [0, 0.1) is 0 Å². The summed E-state index contributed by atoms with van der Waals surface area (Å²) in [7, 11) is 0. The van der Waals surface area contributed by atoms with Crippen LogP contribution in [0.2, 0.25) is 0 Å². The van der Waals surface area contributed by atoms with Gasteiger partial charge < -0.3 is 10.2 Å². The van der Waals surface area contributed by atoms with Crippen LogP contribution in [-0.4, -0.2) is 41.0 Å². The Labute approximate surface area is 94.7 Å². The maximum Gasteiger partial charge on any atom is 0.273 e. The topological polar surface area (TPSA) is 45.2 Å². The summed E-state index contributed by atoms with van der Waals surface area (Å²) in [6.45, 7) is 1.85.